The van der Waals surface area contributed by atoms with Crippen LogP contribution in [0.1, 0.15) is 0 Å². The summed E-state index contributed by atoms with van der Waals surface area (Å²) in [6, 6.07) is 0. The predicted molar refractivity (Wildman–Crippen MR) is 74.8 cm³/mol. The van der Waals surface area contributed by atoms with E-state index in [2.05, 4.69) is 0 Å². The van der Waals surface area contributed by atoms with Gasteiger partial charge in [0.1, 0.15) is 5.83 Å². The molecule has 2 nitrogen and oxygen atoms in total. The largest absolute Gasteiger partial charge is 0.381 e. The van der Waals surface area contributed by atoms with Crippen molar-refractivity contribution in [1.29, 1.82) is 0 Å². The van der Waals surface area contributed by atoms with Crippen LogP contribution in [0.15, 0.2) is 22.0 Å². The van der Waals surface area contributed by atoms with Gasteiger partial charge in [-0.2, -0.15) is 0 Å². The Hall–Kier alpha value is -0.173. The molecule has 104 valence electrons. The van der Waals surface area contributed by atoms with E-state index in [-0.39, 0.29) is 16.7 Å². The molecule has 1 N–H and O–H groups in total. The summed E-state index contributed by atoms with van der Waals surface area (Å²) in [5, 5.41) is 10.6. The minimum atomic E-state index is -2.18. The van der Waals surface area contributed by atoms with Crippen molar-refractivity contribution in [2.75, 3.05) is 20.0 Å². The molecule has 2 atom stereocenters. The van der Waals surface area contributed by atoms with Gasteiger partial charge in [-0.15, -0.1) is 11.8 Å². The number of aliphatic hydroxyl groups is 1. The third kappa shape index (κ3) is 2.71. The molecule has 2 unspecified atom stereocenters. The predicted octanol–water partition coefficient (Wildman–Crippen LogP) is 3.06. The summed E-state index contributed by atoms with van der Waals surface area (Å²) in [6.45, 7) is 5.40. The van der Waals surface area contributed by atoms with Gasteiger partial charge >= 0.3 is 0 Å². The van der Waals surface area contributed by atoms with E-state index in [0.717, 1.165) is 11.8 Å². The maximum Gasteiger partial charge on any atom is 0.156 e. The summed E-state index contributed by atoms with van der Waals surface area (Å²) >= 11 is 1.15. The number of halogens is 2. The quantitative estimate of drug-likeness (QED) is 0.808. The van der Waals surface area contributed by atoms with Gasteiger partial charge in [-0.05, 0) is 17.5 Å². The fraction of sp³-hybridized carbons (Fsp3) is 0.667. The number of hydrogen-bond donors (Lipinski definition) is 1. The Morgan fingerprint density at radius 2 is 2.06 bits per heavy atom. The second-order valence-electron chi connectivity index (χ2n) is 5.44. The zero-order valence-corrected chi connectivity index (χ0v) is 13.2. The lowest BCUT2D eigenvalue weighted by molar-refractivity contribution is -0.0403. The molecule has 0 spiro atoms. The molecule has 1 aliphatic rings. The molecule has 0 amide bonds. The lowest BCUT2D eigenvalue weighted by Gasteiger charge is -2.39. The van der Waals surface area contributed by atoms with Crippen molar-refractivity contribution < 1.29 is 18.6 Å². The van der Waals surface area contributed by atoms with E-state index in [1.54, 1.807) is 6.26 Å². The summed E-state index contributed by atoms with van der Waals surface area (Å²) in [4.78, 5) is 0.274. The number of ether oxygens (including phenoxy) is 1. The Morgan fingerprint density at radius 1 is 1.50 bits per heavy atom. The summed E-state index contributed by atoms with van der Waals surface area (Å²) in [5.41, 5.74) is -1.76. The maximum absolute atomic E-state index is 14.6. The highest BCUT2D eigenvalue weighted by atomic mass is 32.2. The summed E-state index contributed by atoms with van der Waals surface area (Å²) in [6.07, 6.45) is 1.19. The summed E-state index contributed by atoms with van der Waals surface area (Å²) in [7, 11) is -0.788. The minimum Gasteiger partial charge on any atom is -0.381 e. The van der Waals surface area contributed by atoms with Crippen LogP contribution in [0, 0.1) is 0 Å². The van der Waals surface area contributed by atoms with E-state index in [1.165, 1.54) is 13.2 Å². The Labute approximate surface area is 112 Å². The molecule has 0 aromatic carbocycles. The zero-order valence-electron chi connectivity index (χ0n) is 11.4. The topological polar surface area (TPSA) is 29.5 Å². The van der Waals surface area contributed by atoms with E-state index in [0.29, 0.717) is 0 Å². The van der Waals surface area contributed by atoms with Gasteiger partial charge in [-0.3, -0.25) is 0 Å². The van der Waals surface area contributed by atoms with Crippen molar-refractivity contribution in [3.63, 3.8) is 0 Å². The van der Waals surface area contributed by atoms with Crippen molar-refractivity contribution in [3.8, 4) is 0 Å². The highest BCUT2D eigenvalue weighted by molar-refractivity contribution is 8.02. The SMILES string of the molecule is COCC1(O)C(SC)=CC(F)=C([Si](C)(C)C)C1F. The standard InChI is InChI=1S/C12H20F2O2SSi/c1-16-7-12(15)9(17-2)6-8(13)10(11(12)14)18(3,4)5/h6,11,15H,7H2,1-5H3. The Kier molecular flexibility index (Phi) is 4.80. The fourth-order valence-corrected chi connectivity index (χ4v) is 4.67. The highest BCUT2D eigenvalue weighted by Crippen LogP contribution is 2.43. The van der Waals surface area contributed by atoms with Crippen LogP contribution < -0.4 is 0 Å². The summed E-state index contributed by atoms with van der Waals surface area (Å²) < 4.78 is 33.6. The number of hydrogen-bond acceptors (Lipinski definition) is 3. The minimum absolute atomic E-state index is 0.125. The monoisotopic (exact) mass is 294 g/mol. The first-order valence-corrected chi connectivity index (χ1v) is 10.4. The van der Waals surface area contributed by atoms with Gasteiger partial charge in [-0.25, -0.2) is 8.78 Å². The first-order chi connectivity index (χ1) is 8.18. The first kappa shape index (κ1) is 15.9. The number of allylic oxidation sites excluding steroid dienone is 2. The fourth-order valence-electron chi connectivity index (χ4n) is 2.14. The molecule has 6 heteroatoms. The molecule has 0 saturated heterocycles. The number of thioether (sulfide) groups is 1. The van der Waals surface area contributed by atoms with Crippen LogP contribution in [0.3, 0.4) is 0 Å². The molecule has 18 heavy (non-hydrogen) atoms. The van der Waals surface area contributed by atoms with Crippen molar-refractivity contribution in [3.05, 3.63) is 22.0 Å². The number of alkyl halides is 1. The van der Waals surface area contributed by atoms with Gasteiger partial charge in [0.25, 0.3) is 0 Å². The second kappa shape index (κ2) is 5.44. The van der Waals surface area contributed by atoms with E-state index >= 15 is 0 Å². The third-order valence-corrected chi connectivity index (χ3v) is 6.03. The van der Waals surface area contributed by atoms with Crippen LogP contribution in [-0.2, 0) is 4.74 Å². The van der Waals surface area contributed by atoms with E-state index in [9.17, 15) is 13.9 Å². The third-order valence-electron chi connectivity index (χ3n) is 3.01. The molecular formula is C12H20F2O2SSi. The normalized spacial score (nSPS) is 29.6. The molecule has 0 aromatic heterocycles. The number of methoxy groups -OCH3 is 1. The zero-order chi connectivity index (χ0) is 14.1. The molecule has 0 aromatic rings. The lowest BCUT2D eigenvalue weighted by Crippen LogP contribution is -2.52. The molecule has 0 fully saturated rings. The van der Waals surface area contributed by atoms with Crippen molar-refractivity contribution in [2.24, 2.45) is 0 Å². The second-order valence-corrected chi connectivity index (χ2v) is 11.3. The van der Waals surface area contributed by atoms with E-state index in [1.807, 2.05) is 19.6 Å². The lowest BCUT2D eigenvalue weighted by atomic mass is 9.93. The Morgan fingerprint density at radius 3 is 2.44 bits per heavy atom. The molecule has 0 heterocycles. The van der Waals surface area contributed by atoms with E-state index < -0.39 is 25.7 Å². The average Bonchev–Trinajstić information content (AvgIpc) is 2.22. The molecule has 0 saturated carbocycles. The highest BCUT2D eigenvalue weighted by Gasteiger charge is 2.49. The molecule has 0 bridgehead atoms. The smallest absolute Gasteiger partial charge is 0.156 e. The summed E-state index contributed by atoms with van der Waals surface area (Å²) in [5.74, 6) is -0.535. The molecule has 1 rings (SSSR count). The van der Waals surface area contributed by atoms with Crippen LogP contribution in [0.4, 0.5) is 8.78 Å². The maximum atomic E-state index is 14.6. The first-order valence-electron chi connectivity index (χ1n) is 5.70. The van der Waals surface area contributed by atoms with E-state index in [4.69, 9.17) is 4.74 Å². The van der Waals surface area contributed by atoms with Gasteiger partial charge in [0.2, 0.25) is 0 Å². The van der Waals surface area contributed by atoms with Crippen molar-refractivity contribution in [2.45, 2.75) is 31.4 Å². The molecule has 1 aliphatic carbocycles. The van der Waals surface area contributed by atoms with Crippen LogP contribution in [-0.4, -0.2) is 44.9 Å². The molecular weight excluding hydrogens is 274 g/mol. The van der Waals surface area contributed by atoms with Gasteiger partial charge in [-0.1, -0.05) is 19.6 Å². The van der Waals surface area contributed by atoms with Gasteiger partial charge < -0.3 is 9.84 Å². The van der Waals surface area contributed by atoms with Crippen LogP contribution in [0.2, 0.25) is 19.6 Å². The van der Waals surface area contributed by atoms with Crippen molar-refractivity contribution in [1.82, 2.24) is 0 Å². The average molecular weight is 294 g/mol. The number of rotatable bonds is 4. The van der Waals surface area contributed by atoms with Gasteiger partial charge in [0.05, 0.1) is 14.7 Å². The van der Waals surface area contributed by atoms with Gasteiger partial charge in [0.15, 0.2) is 11.8 Å². The van der Waals surface area contributed by atoms with Gasteiger partial charge in [0, 0.05) is 12.0 Å². The van der Waals surface area contributed by atoms with Crippen LogP contribution in [0.5, 0.6) is 0 Å². The molecule has 0 radical (unpaired) electrons. The Bertz CT molecular complexity index is 390. The van der Waals surface area contributed by atoms with Crippen molar-refractivity contribution >= 4 is 19.8 Å². The van der Waals surface area contributed by atoms with Crippen LogP contribution >= 0.6 is 11.8 Å². The Balaban J connectivity index is 3.35. The van der Waals surface area contributed by atoms with Crippen LogP contribution in [0.25, 0.3) is 0 Å². The molecule has 0 aliphatic heterocycles.